The second kappa shape index (κ2) is 6.91. The highest BCUT2D eigenvalue weighted by Crippen LogP contribution is 2.66. The van der Waals surface area contributed by atoms with Gasteiger partial charge in [-0.15, -0.1) is 0 Å². The quantitative estimate of drug-likeness (QED) is 0.653. The number of benzene rings is 1. The number of carbonyl (C=O) groups is 1. The van der Waals surface area contributed by atoms with Crippen molar-refractivity contribution < 1.29 is 14.3 Å². The summed E-state index contributed by atoms with van der Waals surface area (Å²) in [5.41, 5.74) is 7.57. The second-order valence-corrected chi connectivity index (χ2v) is 11.0. The van der Waals surface area contributed by atoms with Crippen LogP contribution in [-0.2, 0) is 11.3 Å². The van der Waals surface area contributed by atoms with E-state index in [1.165, 1.54) is 38.5 Å². The molecule has 1 aromatic rings. The fourth-order valence-corrected chi connectivity index (χ4v) is 7.70. The van der Waals surface area contributed by atoms with Crippen molar-refractivity contribution in [2.45, 2.75) is 64.5 Å². The number of amides is 1. The first-order valence-corrected chi connectivity index (χ1v) is 11.0. The highest BCUT2D eigenvalue weighted by molar-refractivity contribution is 9.10. The topological polar surface area (TPSA) is 73.6 Å². The molecular weight excluding hydrogens is 420 g/mol. The second-order valence-electron chi connectivity index (χ2n) is 10.1. The van der Waals surface area contributed by atoms with Gasteiger partial charge in [0, 0.05) is 12.1 Å². The Morgan fingerprint density at radius 3 is 2.46 bits per heavy atom. The van der Waals surface area contributed by atoms with Crippen LogP contribution in [0.2, 0.25) is 0 Å². The van der Waals surface area contributed by atoms with Crippen molar-refractivity contribution >= 4 is 21.8 Å². The molecular formula is C22H31BrN2O3. The van der Waals surface area contributed by atoms with Crippen molar-refractivity contribution in [3.63, 3.8) is 0 Å². The zero-order valence-corrected chi connectivity index (χ0v) is 18.7. The van der Waals surface area contributed by atoms with Gasteiger partial charge >= 0.3 is 0 Å². The Morgan fingerprint density at radius 1 is 1.21 bits per heavy atom. The number of nitrogens with one attached hydrogen (secondary N) is 1. The maximum Gasteiger partial charge on any atom is 0.255 e. The van der Waals surface area contributed by atoms with E-state index < -0.39 is 5.91 Å². The van der Waals surface area contributed by atoms with Gasteiger partial charge in [-0.2, -0.15) is 0 Å². The van der Waals surface area contributed by atoms with E-state index in [4.69, 9.17) is 15.2 Å². The summed E-state index contributed by atoms with van der Waals surface area (Å²) < 4.78 is 11.8. The Hall–Kier alpha value is -1.27. The lowest BCUT2D eigenvalue weighted by molar-refractivity contribution is -0.120. The summed E-state index contributed by atoms with van der Waals surface area (Å²) in [6.07, 6.45) is 8.05. The molecule has 3 N–H and O–H groups in total. The Labute approximate surface area is 175 Å². The predicted octanol–water partition coefficient (Wildman–Crippen LogP) is 4.16. The van der Waals surface area contributed by atoms with Gasteiger partial charge in [0.1, 0.15) is 0 Å². The van der Waals surface area contributed by atoms with Crippen molar-refractivity contribution in [3.05, 3.63) is 22.2 Å². The number of ether oxygens (including phenoxy) is 2. The zero-order chi connectivity index (χ0) is 20.2. The summed E-state index contributed by atoms with van der Waals surface area (Å²) in [5, 5.41) is 3.95. The van der Waals surface area contributed by atoms with E-state index in [1.807, 2.05) is 12.1 Å². The van der Waals surface area contributed by atoms with Gasteiger partial charge in [0.25, 0.3) is 5.91 Å². The summed E-state index contributed by atoms with van der Waals surface area (Å²) in [4.78, 5) is 11.0. The predicted molar refractivity (Wildman–Crippen MR) is 112 cm³/mol. The lowest BCUT2D eigenvalue weighted by Gasteiger charge is -2.65. The van der Waals surface area contributed by atoms with Crippen molar-refractivity contribution in [2.75, 3.05) is 13.7 Å². The van der Waals surface area contributed by atoms with Gasteiger partial charge < -0.3 is 20.5 Å². The highest BCUT2D eigenvalue weighted by atomic mass is 79.9. The maximum atomic E-state index is 11.0. The number of rotatable bonds is 7. The first kappa shape index (κ1) is 20.0. The number of hydrogen-bond donors (Lipinski definition) is 2. The molecule has 0 spiro atoms. The summed E-state index contributed by atoms with van der Waals surface area (Å²) in [5.74, 6) is 1.48. The standard InChI is InChI=1S/C22H31BrN2O3/c1-20-6-15-7-21(2,11-20)13-22(8-15,12-20)25-9-14-4-16(23)19(17(5-14)27-3)28-10-18(24)26/h4-5,15,25H,6-13H2,1-3H3,(H2,24,26). The number of halogens is 1. The average Bonchev–Trinajstić information content (AvgIpc) is 2.55. The molecule has 6 heteroatoms. The van der Waals surface area contributed by atoms with Crippen LogP contribution in [0.5, 0.6) is 11.5 Å². The molecule has 5 rings (SSSR count). The van der Waals surface area contributed by atoms with Crippen molar-refractivity contribution in [1.82, 2.24) is 5.32 Å². The van der Waals surface area contributed by atoms with Crippen molar-refractivity contribution in [3.8, 4) is 11.5 Å². The van der Waals surface area contributed by atoms with Gasteiger partial charge in [-0.3, -0.25) is 4.79 Å². The SMILES string of the molecule is COc1cc(CNC23CC4CC(C)(CC(C)(C4)C2)C3)cc(Br)c1OCC(N)=O. The zero-order valence-electron chi connectivity index (χ0n) is 17.1. The third-order valence-corrected chi connectivity index (χ3v) is 7.53. The van der Waals surface area contributed by atoms with Gasteiger partial charge in [0.2, 0.25) is 0 Å². The van der Waals surface area contributed by atoms with Crippen LogP contribution < -0.4 is 20.5 Å². The minimum absolute atomic E-state index is 0.172. The molecule has 154 valence electrons. The first-order valence-electron chi connectivity index (χ1n) is 10.2. The Morgan fingerprint density at radius 2 is 1.89 bits per heavy atom. The fraction of sp³-hybridized carbons (Fsp3) is 0.682. The van der Waals surface area contributed by atoms with Crippen LogP contribution >= 0.6 is 15.9 Å². The Balaban J connectivity index is 1.51. The summed E-state index contributed by atoms with van der Waals surface area (Å²) in [7, 11) is 1.61. The number of nitrogens with two attached hydrogens (primary N) is 1. The van der Waals surface area contributed by atoms with Crippen molar-refractivity contribution in [1.29, 1.82) is 0 Å². The molecule has 0 radical (unpaired) electrons. The molecule has 4 aliphatic rings. The molecule has 2 unspecified atom stereocenters. The van der Waals surface area contributed by atoms with E-state index in [0.717, 1.165) is 22.5 Å². The van der Waals surface area contributed by atoms with Gasteiger partial charge in [-0.1, -0.05) is 13.8 Å². The number of carbonyl (C=O) groups excluding carboxylic acids is 1. The molecule has 4 bridgehead atoms. The number of primary amides is 1. The molecule has 0 saturated heterocycles. The molecule has 1 aromatic carbocycles. The van der Waals surface area contributed by atoms with E-state index in [2.05, 4.69) is 35.1 Å². The lowest BCUT2D eigenvalue weighted by Crippen LogP contribution is -2.63. The number of methoxy groups -OCH3 is 1. The van der Waals surface area contributed by atoms with Crippen LogP contribution in [0.3, 0.4) is 0 Å². The van der Waals surface area contributed by atoms with Crippen LogP contribution in [0.15, 0.2) is 16.6 Å². The Bertz CT molecular complexity index is 778. The molecule has 0 aromatic heterocycles. The maximum absolute atomic E-state index is 11.0. The molecule has 28 heavy (non-hydrogen) atoms. The van der Waals surface area contributed by atoms with E-state index in [0.29, 0.717) is 22.3 Å². The van der Waals surface area contributed by atoms with Crippen LogP contribution in [0.1, 0.15) is 57.9 Å². The largest absolute Gasteiger partial charge is 0.493 e. The summed E-state index contributed by atoms with van der Waals surface area (Å²) >= 11 is 3.55. The first-order chi connectivity index (χ1) is 13.1. The molecule has 4 aliphatic carbocycles. The molecule has 2 atom stereocenters. The third-order valence-electron chi connectivity index (χ3n) is 6.94. The molecule has 4 fully saturated rings. The highest BCUT2D eigenvalue weighted by Gasteiger charge is 2.59. The minimum atomic E-state index is -0.511. The van der Waals surface area contributed by atoms with Gasteiger partial charge in [-0.25, -0.2) is 0 Å². The third kappa shape index (κ3) is 3.78. The molecule has 0 heterocycles. The van der Waals surface area contributed by atoms with Crippen LogP contribution in [0.25, 0.3) is 0 Å². The molecule has 0 aliphatic heterocycles. The van der Waals surface area contributed by atoms with E-state index in [1.54, 1.807) is 7.11 Å². The summed E-state index contributed by atoms with van der Waals surface area (Å²) in [6.45, 7) is 5.62. The monoisotopic (exact) mass is 450 g/mol. The van der Waals surface area contributed by atoms with Gasteiger partial charge in [0.15, 0.2) is 18.1 Å². The van der Waals surface area contributed by atoms with Gasteiger partial charge in [-0.05, 0) is 88.9 Å². The fourth-order valence-electron chi connectivity index (χ4n) is 7.09. The van der Waals surface area contributed by atoms with E-state index >= 15 is 0 Å². The number of hydrogen-bond acceptors (Lipinski definition) is 4. The van der Waals surface area contributed by atoms with E-state index in [9.17, 15) is 4.79 Å². The average molecular weight is 451 g/mol. The van der Waals surface area contributed by atoms with Crippen LogP contribution in [-0.4, -0.2) is 25.2 Å². The van der Waals surface area contributed by atoms with Gasteiger partial charge in [0.05, 0.1) is 11.6 Å². The normalized spacial score (nSPS) is 35.8. The van der Waals surface area contributed by atoms with Crippen LogP contribution in [0.4, 0.5) is 0 Å². The van der Waals surface area contributed by atoms with Crippen LogP contribution in [0, 0.1) is 16.7 Å². The summed E-state index contributed by atoms with van der Waals surface area (Å²) in [6, 6.07) is 4.02. The Kier molecular flexibility index (Phi) is 4.94. The molecule has 4 saturated carbocycles. The lowest BCUT2D eigenvalue weighted by atomic mass is 9.43. The van der Waals surface area contributed by atoms with Crippen molar-refractivity contribution in [2.24, 2.45) is 22.5 Å². The minimum Gasteiger partial charge on any atom is -0.493 e. The molecule has 5 nitrogen and oxygen atoms in total. The molecule has 1 amide bonds. The smallest absolute Gasteiger partial charge is 0.255 e. The van der Waals surface area contributed by atoms with E-state index in [-0.39, 0.29) is 12.1 Å².